The fraction of sp³-hybridized carbons (Fsp3) is 0.714. The minimum Gasteiger partial charge on any atom is -0.447 e. The molecule has 0 saturated heterocycles. The van der Waals surface area contributed by atoms with E-state index < -0.39 is 20.1 Å². The number of hydrogen-bond donors (Lipinski definition) is 1. The first-order chi connectivity index (χ1) is 6.06. The molecule has 0 rings (SSSR count). The summed E-state index contributed by atoms with van der Waals surface area (Å²) in [6.45, 7) is 1.22. The van der Waals surface area contributed by atoms with Gasteiger partial charge in [0.05, 0.1) is 0 Å². The van der Waals surface area contributed by atoms with Crippen molar-refractivity contribution in [3.05, 3.63) is 0 Å². The highest BCUT2D eigenvalue weighted by atomic mass is 31.1. The van der Waals surface area contributed by atoms with Gasteiger partial charge in [0.1, 0.15) is 6.07 Å². The van der Waals surface area contributed by atoms with Gasteiger partial charge in [-0.05, 0) is 12.8 Å². The topological polar surface area (TPSA) is 87.4 Å². The van der Waals surface area contributed by atoms with Crippen LogP contribution in [-0.2, 0) is 14.1 Å². The quantitative estimate of drug-likeness (QED) is 0.527. The molecule has 6 heteroatoms. The lowest BCUT2D eigenvalue weighted by Crippen LogP contribution is -2.14. The van der Waals surface area contributed by atoms with Crippen molar-refractivity contribution in [2.24, 2.45) is 0 Å². The molecule has 13 heavy (non-hydrogen) atoms. The lowest BCUT2D eigenvalue weighted by Gasteiger charge is -2.07. The fourth-order valence-corrected chi connectivity index (χ4v) is 1.30. The Labute approximate surface area is 77.2 Å². The average Bonchev–Trinajstić information content (AvgIpc) is 2.01. The van der Waals surface area contributed by atoms with Gasteiger partial charge in [-0.25, -0.2) is 0 Å². The highest BCUT2D eigenvalue weighted by Crippen LogP contribution is 2.16. The average molecular weight is 205 g/mol. The Balaban J connectivity index is 3.68. The highest BCUT2D eigenvalue weighted by Gasteiger charge is 2.10. The highest BCUT2D eigenvalue weighted by molar-refractivity contribution is 7.37. The van der Waals surface area contributed by atoms with E-state index in [-0.39, 0.29) is 6.16 Å². The van der Waals surface area contributed by atoms with Crippen molar-refractivity contribution >= 4 is 14.0 Å². The third-order valence-corrected chi connectivity index (χ3v) is 2.09. The third kappa shape index (κ3) is 7.51. The van der Waals surface area contributed by atoms with Crippen molar-refractivity contribution in [1.82, 2.24) is 0 Å². The molecule has 0 bridgehead atoms. The maximum absolute atomic E-state index is 10.4. The van der Waals surface area contributed by atoms with E-state index in [2.05, 4.69) is 4.74 Å². The molecule has 5 nitrogen and oxygen atoms in total. The SMILES string of the molecule is CC(=O)OC(C#N)CCC[PH](=O)O. The van der Waals surface area contributed by atoms with Gasteiger partial charge in [0.25, 0.3) is 0 Å². The van der Waals surface area contributed by atoms with Gasteiger partial charge in [0, 0.05) is 13.1 Å². The maximum atomic E-state index is 10.4. The Kier molecular flexibility index (Phi) is 6.21. The van der Waals surface area contributed by atoms with Gasteiger partial charge < -0.3 is 9.63 Å². The Morgan fingerprint density at radius 3 is 2.77 bits per heavy atom. The first-order valence-electron chi connectivity index (χ1n) is 3.85. The van der Waals surface area contributed by atoms with Crippen molar-refractivity contribution in [2.75, 3.05) is 6.16 Å². The van der Waals surface area contributed by atoms with Crippen LogP contribution in [-0.4, -0.2) is 23.1 Å². The third-order valence-electron chi connectivity index (χ3n) is 1.31. The number of esters is 1. The summed E-state index contributed by atoms with van der Waals surface area (Å²) >= 11 is 0. The molecule has 0 aliphatic heterocycles. The fourth-order valence-electron chi connectivity index (χ4n) is 0.789. The van der Waals surface area contributed by atoms with E-state index in [1.807, 2.05) is 0 Å². The first kappa shape index (κ1) is 12.2. The molecule has 0 aromatic heterocycles. The summed E-state index contributed by atoms with van der Waals surface area (Å²) in [6, 6.07) is 1.79. The normalized spacial score (nSPS) is 14.2. The summed E-state index contributed by atoms with van der Waals surface area (Å²) < 4.78 is 14.9. The Morgan fingerprint density at radius 1 is 1.77 bits per heavy atom. The Bertz CT molecular complexity index is 235. The van der Waals surface area contributed by atoms with Crippen LogP contribution in [0.5, 0.6) is 0 Å². The van der Waals surface area contributed by atoms with E-state index in [9.17, 15) is 9.36 Å². The van der Waals surface area contributed by atoms with E-state index in [1.165, 1.54) is 6.92 Å². The van der Waals surface area contributed by atoms with Crippen molar-refractivity contribution in [2.45, 2.75) is 25.9 Å². The van der Waals surface area contributed by atoms with Crippen LogP contribution in [0.25, 0.3) is 0 Å². The van der Waals surface area contributed by atoms with Gasteiger partial charge in [-0.3, -0.25) is 9.36 Å². The van der Waals surface area contributed by atoms with Crippen LogP contribution in [0, 0.1) is 11.3 Å². The molecule has 0 aliphatic rings. The van der Waals surface area contributed by atoms with E-state index >= 15 is 0 Å². The van der Waals surface area contributed by atoms with Crippen molar-refractivity contribution in [3.63, 3.8) is 0 Å². The number of hydrogen-bond acceptors (Lipinski definition) is 4. The lowest BCUT2D eigenvalue weighted by molar-refractivity contribution is -0.144. The van der Waals surface area contributed by atoms with Gasteiger partial charge in [-0.15, -0.1) is 0 Å². The molecule has 0 fully saturated rings. The molecule has 0 spiro atoms. The molecule has 2 atom stereocenters. The van der Waals surface area contributed by atoms with E-state index in [4.69, 9.17) is 10.2 Å². The molecule has 2 unspecified atom stereocenters. The van der Waals surface area contributed by atoms with Crippen LogP contribution in [0.4, 0.5) is 0 Å². The largest absolute Gasteiger partial charge is 0.447 e. The molecular formula is C7H12NO4P. The first-order valence-corrected chi connectivity index (χ1v) is 5.41. The molecule has 0 aromatic rings. The van der Waals surface area contributed by atoms with Gasteiger partial charge >= 0.3 is 5.97 Å². The van der Waals surface area contributed by atoms with Crippen LogP contribution in [0.15, 0.2) is 0 Å². The van der Waals surface area contributed by atoms with Crippen LogP contribution in [0.2, 0.25) is 0 Å². The van der Waals surface area contributed by atoms with Crippen LogP contribution in [0.1, 0.15) is 19.8 Å². The van der Waals surface area contributed by atoms with Crippen LogP contribution >= 0.6 is 8.03 Å². The van der Waals surface area contributed by atoms with Crippen LogP contribution < -0.4 is 0 Å². The molecule has 1 N–H and O–H groups in total. The van der Waals surface area contributed by atoms with E-state index in [0.29, 0.717) is 12.8 Å². The van der Waals surface area contributed by atoms with Gasteiger partial charge in [-0.1, -0.05) is 0 Å². The smallest absolute Gasteiger partial charge is 0.303 e. The zero-order valence-corrected chi connectivity index (χ0v) is 8.32. The zero-order valence-electron chi connectivity index (χ0n) is 7.32. The van der Waals surface area contributed by atoms with Gasteiger partial charge in [0.2, 0.25) is 0 Å². The summed E-state index contributed by atoms with van der Waals surface area (Å²) in [4.78, 5) is 18.9. The van der Waals surface area contributed by atoms with Crippen molar-refractivity contribution < 1.29 is 19.0 Å². The maximum Gasteiger partial charge on any atom is 0.303 e. The molecule has 0 radical (unpaired) electrons. The standard InChI is InChI=1S/C7H12NO4P/c1-6(9)12-7(5-8)3-2-4-13(10)11/h7,13H,2-4H2,1H3,(H,10,11). The van der Waals surface area contributed by atoms with Gasteiger partial charge in [0.15, 0.2) is 14.1 Å². The summed E-state index contributed by atoms with van der Waals surface area (Å²) in [7, 11) is -2.47. The summed E-state index contributed by atoms with van der Waals surface area (Å²) in [5.41, 5.74) is 0. The zero-order chi connectivity index (χ0) is 10.3. The molecule has 74 valence electrons. The lowest BCUT2D eigenvalue weighted by atomic mass is 10.2. The molecular weight excluding hydrogens is 193 g/mol. The van der Waals surface area contributed by atoms with Crippen LogP contribution in [0.3, 0.4) is 0 Å². The number of nitriles is 1. The second-order valence-corrected chi connectivity index (χ2v) is 3.80. The molecule has 0 saturated carbocycles. The van der Waals surface area contributed by atoms with E-state index in [0.717, 1.165) is 0 Å². The van der Waals surface area contributed by atoms with Crippen molar-refractivity contribution in [3.8, 4) is 6.07 Å². The number of nitrogens with zero attached hydrogens (tertiary/aromatic N) is 1. The predicted octanol–water partition coefficient (Wildman–Crippen LogP) is 0.689. The molecule has 0 aromatic carbocycles. The number of ether oxygens (including phenoxy) is 1. The monoisotopic (exact) mass is 205 g/mol. The second-order valence-electron chi connectivity index (χ2n) is 2.51. The predicted molar refractivity (Wildman–Crippen MR) is 46.5 cm³/mol. The number of carbonyl (C=O) groups excluding carboxylic acids is 1. The summed E-state index contributed by atoms with van der Waals surface area (Å²) in [5.74, 6) is -0.511. The molecule has 0 heterocycles. The second kappa shape index (κ2) is 6.64. The Morgan fingerprint density at radius 2 is 2.38 bits per heavy atom. The van der Waals surface area contributed by atoms with Crippen molar-refractivity contribution in [1.29, 1.82) is 5.26 Å². The number of carbonyl (C=O) groups is 1. The Hall–Kier alpha value is -0.850. The van der Waals surface area contributed by atoms with Gasteiger partial charge in [-0.2, -0.15) is 5.26 Å². The molecule has 0 aliphatic carbocycles. The minimum absolute atomic E-state index is 0.171. The number of rotatable bonds is 5. The summed E-state index contributed by atoms with van der Waals surface area (Å²) in [6.07, 6.45) is 0.107. The summed E-state index contributed by atoms with van der Waals surface area (Å²) in [5, 5.41) is 8.48. The minimum atomic E-state index is -2.47. The van der Waals surface area contributed by atoms with E-state index in [1.54, 1.807) is 6.07 Å². The molecule has 0 amide bonds.